The number of carbonyl (C=O) groups is 2. The van der Waals surface area contributed by atoms with Crippen molar-refractivity contribution < 1.29 is 14.0 Å². The Morgan fingerprint density at radius 3 is 2.47 bits per heavy atom. The summed E-state index contributed by atoms with van der Waals surface area (Å²) < 4.78 is 14.4. The molecule has 0 aliphatic rings. The Bertz CT molecular complexity index is 1160. The molecule has 32 heavy (non-hydrogen) atoms. The van der Waals surface area contributed by atoms with E-state index in [2.05, 4.69) is 15.6 Å². The molecule has 1 heterocycles. The Labute approximate surface area is 185 Å². The molecule has 0 atom stereocenters. The van der Waals surface area contributed by atoms with Crippen LogP contribution in [0.5, 0.6) is 0 Å². The average Bonchev–Trinajstić information content (AvgIpc) is 2.78. The minimum absolute atomic E-state index is 0.142. The van der Waals surface area contributed by atoms with Gasteiger partial charge in [-0.3, -0.25) is 19.0 Å². The average molecular weight is 439 g/mol. The van der Waals surface area contributed by atoms with Gasteiger partial charge in [-0.25, -0.2) is 9.37 Å². The normalized spacial score (nSPS) is 11.0. The fraction of sp³-hybridized carbons (Fsp3) is 0.333. The number of halogens is 1. The summed E-state index contributed by atoms with van der Waals surface area (Å²) in [6.45, 7) is 4.62. The second-order valence-corrected chi connectivity index (χ2v) is 8.04. The maximum Gasteiger partial charge on any atom is 0.273 e. The number of carbonyl (C=O) groups excluding carboxylic acids is 2. The lowest BCUT2D eigenvalue weighted by Gasteiger charge is -2.13. The van der Waals surface area contributed by atoms with E-state index in [0.29, 0.717) is 23.5 Å². The lowest BCUT2D eigenvalue weighted by molar-refractivity contribution is -0.122. The molecule has 0 unspecified atom stereocenters. The van der Waals surface area contributed by atoms with E-state index in [0.717, 1.165) is 5.56 Å². The largest absolute Gasteiger partial charge is 0.356 e. The van der Waals surface area contributed by atoms with E-state index in [-0.39, 0.29) is 49.3 Å². The number of para-hydroxylation sites is 2. The molecule has 0 fully saturated rings. The van der Waals surface area contributed by atoms with Crippen molar-refractivity contribution in [3.05, 3.63) is 76.0 Å². The molecule has 168 valence electrons. The van der Waals surface area contributed by atoms with E-state index in [1.807, 2.05) is 13.8 Å². The first-order valence-electron chi connectivity index (χ1n) is 10.6. The standard InChI is InChI=1S/C24H27FN4O3/c1-16(2)13-26-22(30)12-11-20-24(32)29(21-6-4-3-5-19(21)28-20)15-23(31)27-14-17-7-9-18(25)10-8-17/h3-10,16H,11-15H2,1-2H3,(H,26,30)(H,27,31). The van der Waals surface area contributed by atoms with Gasteiger partial charge in [0, 0.05) is 25.9 Å². The third-order valence-electron chi connectivity index (χ3n) is 4.92. The zero-order chi connectivity index (χ0) is 23.1. The molecule has 2 amide bonds. The quantitative estimate of drug-likeness (QED) is 0.537. The highest BCUT2D eigenvalue weighted by molar-refractivity contribution is 5.80. The van der Waals surface area contributed by atoms with E-state index >= 15 is 0 Å². The van der Waals surface area contributed by atoms with E-state index in [4.69, 9.17) is 0 Å². The van der Waals surface area contributed by atoms with Gasteiger partial charge in [-0.1, -0.05) is 38.1 Å². The number of rotatable bonds is 9. The first-order chi connectivity index (χ1) is 15.3. The number of fused-ring (bicyclic) bond motifs is 1. The highest BCUT2D eigenvalue weighted by Gasteiger charge is 2.15. The van der Waals surface area contributed by atoms with Gasteiger partial charge < -0.3 is 10.6 Å². The summed E-state index contributed by atoms with van der Waals surface area (Å²) in [5, 5.41) is 5.58. The molecule has 7 nitrogen and oxygen atoms in total. The van der Waals surface area contributed by atoms with Crippen LogP contribution >= 0.6 is 0 Å². The molecular weight excluding hydrogens is 411 g/mol. The second-order valence-electron chi connectivity index (χ2n) is 8.04. The predicted octanol–water partition coefficient (Wildman–Crippen LogP) is 2.56. The fourth-order valence-electron chi connectivity index (χ4n) is 3.21. The summed E-state index contributed by atoms with van der Waals surface area (Å²) in [5.41, 5.74) is 1.73. The Kier molecular flexibility index (Phi) is 7.70. The summed E-state index contributed by atoms with van der Waals surface area (Å²) in [4.78, 5) is 42.1. The maximum absolute atomic E-state index is 13.1. The van der Waals surface area contributed by atoms with Gasteiger partial charge in [0.05, 0.1) is 11.0 Å². The number of aryl methyl sites for hydroxylation is 1. The van der Waals surface area contributed by atoms with Crippen LogP contribution in [0.3, 0.4) is 0 Å². The van der Waals surface area contributed by atoms with Gasteiger partial charge in [0.1, 0.15) is 18.1 Å². The Morgan fingerprint density at radius 1 is 1.03 bits per heavy atom. The van der Waals surface area contributed by atoms with Crippen LogP contribution < -0.4 is 16.2 Å². The number of nitrogens with one attached hydrogen (secondary N) is 2. The van der Waals surface area contributed by atoms with Crippen molar-refractivity contribution in [1.29, 1.82) is 0 Å². The minimum Gasteiger partial charge on any atom is -0.356 e. The van der Waals surface area contributed by atoms with Crippen LogP contribution in [-0.4, -0.2) is 27.9 Å². The van der Waals surface area contributed by atoms with Gasteiger partial charge in [-0.05, 0) is 35.7 Å². The number of hydrogen-bond acceptors (Lipinski definition) is 4. The molecule has 0 aliphatic heterocycles. The van der Waals surface area contributed by atoms with Crippen LogP contribution in [0, 0.1) is 11.7 Å². The van der Waals surface area contributed by atoms with Crippen LogP contribution in [0.2, 0.25) is 0 Å². The van der Waals surface area contributed by atoms with Crippen LogP contribution in [0.15, 0.2) is 53.3 Å². The number of hydrogen-bond donors (Lipinski definition) is 2. The smallest absolute Gasteiger partial charge is 0.273 e. The van der Waals surface area contributed by atoms with Crippen molar-refractivity contribution in [3.8, 4) is 0 Å². The van der Waals surface area contributed by atoms with Crippen molar-refractivity contribution in [3.63, 3.8) is 0 Å². The molecule has 0 saturated carbocycles. The first kappa shape index (κ1) is 23.1. The third kappa shape index (κ3) is 6.23. The lowest BCUT2D eigenvalue weighted by atomic mass is 10.2. The number of aromatic nitrogens is 2. The monoisotopic (exact) mass is 438 g/mol. The van der Waals surface area contributed by atoms with Crippen LogP contribution in [-0.2, 0) is 29.1 Å². The molecule has 0 spiro atoms. The number of benzene rings is 2. The Balaban J connectivity index is 1.75. The van der Waals surface area contributed by atoms with E-state index in [9.17, 15) is 18.8 Å². The number of amides is 2. The highest BCUT2D eigenvalue weighted by atomic mass is 19.1. The van der Waals surface area contributed by atoms with E-state index in [1.165, 1.54) is 16.7 Å². The number of nitrogens with zero attached hydrogens (tertiary/aromatic N) is 2. The molecule has 0 radical (unpaired) electrons. The molecule has 3 rings (SSSR count). The minimum atomic E-state index is -0.391. The second kappa shape index (κ2) is 10.7. The van der Waals surface area contributed by atoms with Crippen molar-refractivity contribution >= 4 is 22.8 Å². The first-order valence-corrected chi connectivity index (χ1v) is 10.6. The van der Waals surface area contributed by atoms with Gasteiger partial charge in [0.25, 0.3) is 5.56 Å². The van der Waals surface area contributed by atoms with E-state index < -0.39 is 5.56 Å². The van der Waals surface area contributed by atoms with E-state index in [1.54, 1.807) is 36.4 Å². The maximum atomic E-state index is 13.1. The van der Waals surface area contributed by atoms with Gasteiger partial charge >= 0.3 is 0 Å². The van der Waals surface area contributed by atoms with Crippen LogP contribution in [0.1, 0.15) is 31.5 Å². The summed E-state index contributed by atoms with van der Waals surface area (Å²) in [6.07, 6.45) is 0.328. The van der Waals surface area contributed by atoms with Crippen molar-refractivity contribution in [2.75, 3.05) is 6.54 Å². The van der Waals surface area contributed by atoms with Gasteiger partial charge in [0.2, 0.25) is 11.8 Å². The van der Waals surface area contributed by atoms with Crippen molar-refractivity contribution in [2.24, 2.45) is 5.92 Å². The Morgan fingerprint density at radius 2 is 1.75 bits per heavy atom. The summed E-state index contributed by atoms with van der Waals surface area (Å²) in [7, 11) is 0. The SMILES string of the molecule is CC(C)CNC(=O)CCc1nc2ccccc2n(CC(=O)NCc2ccc(F)cc2)c1=O. The van der Waals surface area contributed by atoms with Gasteiger partial charge in [-0.15, -0.1) is 0 Å². The summed E-state index contributed by atoms with van der Waals surface area (Å²) >= 11 is 0. The van der Waals surface area contributed by atoms with Crippen molar-refractivity contribution in [1.82, 2.24) is 20.2 Å². The highest BCUT2D eigenvalue weighted by Crippen LogP contribution is 2.11. The summed E-state index contributed by atoms with van der Waals surface area (Å²) in [5.74, 6) is -0.506. The van der Waals surface area contributed by atoms with Crippen LogP contribution in [0.4, 0.5) is 4.39 Å². The lowest BCUT2D eigenvalue weighted by Crippen LogP contribution is -2.34. The van der Waals surface area contributed by atoms with Gasteiger partial charge in [-0.2, -0.15) is 0 Å². The predicted molar refractivity (Wildman–Crippen MR) is 120 cm³/mol. The molecule has 1 aromatic heterocycles. The molecule has 2 N–H and O–H groups in total. The van der Waals surface area contributed by atoms with Gasteiger partial charge in [0.15, 0.2) is 0 Å². The zero-order valence-corrected chi connectivity index (χ0v) is 18.2. The fourth-order valence-corrected chi connectivity index (χ4v) is 3.21. The molecule has 0 saturated heterocycles. The molecule has 2 aromatic carbocycles. The third-order valence-corrected chi connectivity index (χ3v) is 4.92. The summed E-state index contributed by atoms with van der Waals surface area (Å²) in [6, 6.07) is 12.9. The molecule has 3 aromatic rings. The molecule has 0 bridgehead atoms. The topological polar surface area (TPSA) is 93.1 Å². The van der Waals surface area contributed by atoms with Crippen LogP contribution in [0.25, 0.3) is 11.0 Å². The molecule has 8 heteroatoms. The molecule has 0 aliphatic carbocycles. The molecular formula is C24H27FN4O3. The zero-order valence-electron chi connectivity index (χ0n) is 18.2. The Hall–Kier alpha value is -3.55. The van der Waals surface area contributed by atoms with Crippen molar-refractivity contribution in [2.45, 2.75) is 39.8 Å².